The Morgan fingerprint density at radius 2 is 2.04 bits per heavy atom. The molecule has 0 amide bonds. The molecule has 0 aliphatic heterocycles. The normalized spacial score (nSPS) is 11.3. The Bertz CT molecular complexity index is 843. The number of aryl methyl sites for hydroxylation is 1. The van der Waals surface area contributed by atoms with Crippen molar-refractivity contribution in [2.24, 2.45) is 0 Å². The number of hydrogen-bond acceptors (Lipinski definition) is 4. The Hall–Kier alpha value is -2.35. The van der Waals surface area contributed by atoms with Crippen LogP contribution in [0.2, 0.25) is 0 Å². The van der Waals surface area contributed by atoms with E-state index in [9.17, 15) is 17.6 Å². The predicted molar refractivity (Wildman–Crippen MR) is 83.4 cm³/mol. The zero-order valence-electron chi connectivity index (χ0n) is 12.9. The van der Waals surface area contributed by atoms with Crippen LogP contribution < -0.4 is 4.72 Å². The van der Waals surface area contributed by atoms with Crippen LogP contribution in [-0.4, -0.2) is 26.0 Å². The number of carbonyl (C=O) groups excluding carboxylic acids is 1. The lowest BCUT2D eigenvalue weighted by atomic mass is 10.2. The van der Waals surface area contributed by atoms with E-state index in [2.05, 4.69) is 9.71 Å². The number of benzene rings is 1. The van der Waals surface area contributed by atoms with Crippen LogP contribution in [0.25, 0.3) is 0 Å². The molecule has 23 heavy (non-hydrogen) atoms. The summed E-state index contributed by atoms with van der Waals surface area (Å²) in [4.78, 5) is 14.5. The minimum absolute atomic E-state index is 0.0511. The molecule has 0 aliphatic carbocycles. The molecule has 0 fully saturated rings. The van der Waals surface area contributed by atoms with Gasteiger partial charge < -0.3 is 9.72 Å². The molecule has 2 aromatic rings. The average molecular weight is 340 g/mol. The van der Waals surface area contributed by atoms with Gasteiger partial charge in [0, 0.05) is 11.3 Å². The monoisotopic (exact) mass is 340 g/mol. The molecule has 2 N–H and O–H groups in total. The van der Waals surface area contributed by atoms with Gasteiger partial charge >= 0.3 is 5.97 Å². The Morgan fingerprint density at radius 3 is 2.65 bits per heavy atom. The summed E-state index contributed by atoms with van der Waals surface area (Å²) in [6.45, 7) is 4.89. The van der Waals surface area contributed by atoms with Crippen molar-refractivity contribution in [3.63, 3.8) is 0 Å². The predicted octanol–water partition coefficient (Wildman–Crippen LogP) is 2.75. The fourth-order valence-corrected chi connectivity index (χ4v) is 3.80. The van der Waals surface area contributed by atoms with Crippen molar-refractivity contribution in [1.29, 1.82) is 0 Å². The van der Waals surface area contributed by atoms with E-state index >= 15 is 0 Å². The molecule has 0 radical (unpaired) electrons. The van der Waals surface area contributed by atoms with E-state index in [0.29, 0.717) is 5.69 Å². The molecule has 0 aliphatic rings. The third-order valence-electron chi connectivity index (χ3n) is 3.19. The number of hydrogen-bond donors (Lipinski definition) is 2. The molecule has 1 aromatic carbocycles. The molecule has 1 heterocycles. The van der Waals surface area contributed by atoms with E-state index in [1.165, 1.54) is 32.0 Å². The van der Waals surface area contributed by atoms with Crippen LogP contribution in [0, 0.1) is 19.7 Å². The smallest absolute Gasteiger partial charge is 0.355 e. The SMILES string of the molecule is CCOC(=O)c1[nH]c(C)c(S(=O)(=O)Nc2cccc(F)c2)c1C. The van der Waals surface area contributed by atoms with E-state index in [4.69, 9.17) is 4.74 Å². The van der Waals surface area contributed by atoms with Crippen molar-refractivity contribution in [3.05, 3.63) is 47.0 Å². The Labute approximate surface area is 133 Å². The molecule has 6 nitrogen and oxygen atoms in total. The minimum Gasteiger partial charge on any atom is -0.461 e. The van der Waals surface area contributed by atoms with Crippen molar-refractivity contribution in [3.8, 4) is 0 Å². The number of ether oxygens (including phenoxy) is 1. The summed E-state index contributed by atoms with van der Waals surface area (Å²) in [5.41, 5.74) is 0.742. The maximum Gasteiger partial charge on any atom is 0.355 e. The number of anilines is 1. The van der Waals surface area contributed by atoms with E-state index in [1.807, 2.05) is 0 Å². The second-order valence-corrected chi connectivity index (χ2v) is 6.53. The van der Waals surface area contributed by atoms with Crippen molar-refractivity contribution < 1.29 is 22.3 Å². The molecule has 8 heteroatoms. The number of esters is 1. The number of aromatic amines is 1. The van der Waals surface area contributed by atoms with Crippen LogP contribution in [0.4, 0.5) is 10.1 Å². The van der Waals surface area contributed by atoms with Crippen LogP contribution in [0.3, 0.4) is 0 Å². The lowest BCUT2D eigenvalue weighted by Gasteiger charge is -2.09. The first-order valence-corrected chi connectivity index (χ1v) is 8.39. The number of sulfonamides is 1. The molecule has 0 bridgehead atoms. The van der Waals surface area contributed by atoms with Crippen molar-refractivity contribution in [2.45, 2.75) is 25.7 Å². The highest BCUT2D eigenvalue weighted by atomic mass is 32.2. The summed E-state index contributed by atoms with van der Waals surface area (Å²) in [5, 5.41) is 0. The summed E-state index contributed by atoms with van der Waals surface area (Å²) < 4.78 is 45.5. The molecule has 0 unspecified atom stereocenters. The summed E-state index contributed by atoms with van der Waals surface area (Å²) in [6, 6.07) is 5.11. The third kappa shape index (κ3) is 3.53. The summed E-state index contributed by atoms with van der Waals surface area (Å²) in [7, 11) is -3.97. The zero-order chi connectivity index (χ0) is 17.2. The first-order chi connectivity index (χ1) is 10.8. The molecule has 0 saturated carbocycles. The Kier molecular flexibility index (Phi) is 4.74. The minimum atomic E-state index is -3.97. The number of carbonyl (C=O) groups is 1. The number of H-pyrrole nitrogens is 1. The van der Waals surface area contributed by atoms with Gasteiger partial charge in [-0.25, -0.2) is 17.6 Å². The maximum atomic E-state index is 13.2. The van der Waals surface area contributed by atoms with Gasteiger partial charge in [-0.1, -0.05) is 6.07 Å². The molecular weight excluding hydrogens is 323 g/mol. The molecular formula is C15H17FN2O4S. The highest BCUT2D eigenvalue weighted by Gasteiger charge is 2.27. The topological polar surface area (TPSA) is 88.3 Å². The fraction of sp³-hybridized carbons (Fsp3) is 0.267. The van der Waals surface area contributed by atoms with Gasteiger partial charge in [-0.3, -0.25) is 4.72 Å². The maximum absolute atomic E-state index is 13.2. The zero-order valence-corrected chi connectivity index (χ0v) is 13.8. The lowest BCUT2D eigenvalue weighted by molar-refractivity contribution is 0.0519. The summed E-state index contributed by atoms with van der Waals surface area (Å²) >= 11 is 0. The van der Waals surface area contributed by atoms with Crippen LogP contribution in [0.5, 0.6) is 0 Å². The van der Waals surface area contributed by atoms with Gasteiger partial charge in [-0.05, 0) is 39.0 Å². The summed E-state index contributed by atoms with van der Waals surface area (Å²) in [6.07, 6.45) is 0. The molecule has 124 valence electrons. The number of rotatable bonds is 5. The molecule has 1 aromatic heterocycles. The highest BCUT2D eigenvalue weighted by molar-refractivity contribution is 7.92. The van der Waals surface area contributed by atoms with Gasteiger partial charge in [0.25, 0.3) is 10.0 Å². The van der Waals surface area contributed by atoms with Crippen LogP contribution in [0.15, 0.2) is 29.2 Å². The van der Waals surface area contributed by atoms with Crippen molar-refractivity contribution in [1.82, 2.24) is 4.98 Å². The van der Waals surface area contributed by atoms with E-state index in [0.717, 1.165) is 6.07 Å². The van der Waals surface area contributed by atoms with Gasteiger partial charge in [0.1, 0.15) is 16.4 Å². The van der Waals surface area contributed by atoms with Gasteiger partial charge in [-0.15, -0.1) is 0 Å². The number of halogens is 1. The van der Waals surface area contributed by atoms with Gasteiger partial charge in [0.05, 0.1) is 12.3 Å². The number of nitrogens with one attached hydrogen (secondary N) is 2. The second-order valence-electron chi connectivity index (χ2n) is 4.92. The second kappa shape index (κ2) is 6.41. The highest BCUT2D eigenvalue weighted by Crippen LogP contribution is 2.26. The standard InChI is InChI=1S/C15H17FN2O4S/c1-4-22-15(19)13-9(2)14(10(3)17-13)23(20,21)18-12-7-5-6-11(16)8-12/h5-8,17-18H,4H2,1-3H3. The quantitative estimate of drug-likeness (QED) is 0.819. The van der Waals surface area contributed by atoms with Crippen molar-refractivity contribution in [2.75, 3.05) is 11.3 Å². The first kappa shape index (κ1) is 17.0. The Balaban J connectivity index is 2.42. The van der Waals surface area contributed by atoms with Crippen LogP contribution in [0.1, 0.15) is 28.7 Å². The molecule has 0 atom stereocenters. The third-order valence-corrected chi connectivity index (χ3v) is 4.85. The molecule has 0 spiro atoms. The van der Waals surface area contributed by atoms with Crippen molar-refractivity contribution >= 4 is 21.7 Å². The van der Waals surface area contributed by atoms with Crippen LogP contribution in [-0.2, 0) is 14.8 Å². The van der Waals surface area contributed by atoms with E-state index < -0.39 is 21.8 Å². The first-order valence-electron chi connectivity index (χ1n) is 6.91. The van der Waals surface area contributed by atoms with E-state index in [-0.39, 0.29) is 28.4 Å². The lowest BCUT2D eigenvalue weighted by Crippen LogP contribution is -2.15. The van der Waals surface area contributed by atoms with Crippen LogP contribution >= 0.6 is 0 Å². The van der Waals surface area contributed by atoms with Gasteiger partial charge in [0.2, 0.25) is 0 Å². The largest absolute Gasteiger partial charge is 0.461 e. The molecule has 2 rings (SSSR count). The van der Waals surface area contributed by atoms with Gasteiger partial charge in [-0.2, -0.15) is 0 Å². The fourth-order valence-electron chi connectivity index (χ4n) is 2.30. The Morgan fingerprint density at radius 1 is 1.35 bits per heavy atom. The average Bonchev–Trinajstić information content (AvgIpc) is 2.74. The summed E-state index contributed by atoms with van der Waals surface area (Å²) in [5.74, 6) is -1.18. The van der Waals surface area contributed by atoms with Gasteiger partial charge in [0.15, 0.2) is 0 Å². The molecule has 0 saturated heterocycles. The number of aromatic nitrogens is 1. The van der Waals surface area contributed by atoms with E-state index in [1.54, 1.807) is 6.92 Å².